The highest BCUT2D eigenvalue weighted by Crippen LogP contribution is 2.49. The molecule has 1 aromatic rings. The highest BCUT2D eigenvalue weighted by Gasteiger charge is 2.44. The van der Waals surface area contributed by atoms with Crippen LogP contribution in [0.25, 0.3) is 0 Å². The van der Waals surface area contributed by atoms with E-state index in [4.69, 9.17) is 11.6 Å². The third-order valence-corrected chi connectivity index (χ3v) is 4.87. The van der Waals surface area contributed by atoms with Crippen LogP contribution in [-0.4, -0.2) is 36.3 Å². The second-order valence-corrected chi connectivity index (χ2v) is 6.51. The maximum absolute atomic E-state index is 12.1. The number of nitrogens with one attached hydrogen (secondary N) is 1. The normalized spacial score (nSPS) is 23.4. The van der Waals surface area contributed by atoms with E-state index >= 15 is 0 Å². The van der Waals surface area contributed by atoms with Gasteiger partial charge in [0.25, 0.3) is 0 Å². The first kappa shape index (κ1) is 15.3. The molecule has 0 aromatic heterocycles. The van der Waals surface area contributed by atoms with Gasteiger partial charge in [-0.15, -0.1) is 0 Å². The third kappa shape index (κ3) is 3.43. The maximum atomic E-state index is 12.1. The molecule has 1 N–H and O–H groups in total. The first-order valence-corrected chi connectivity index (χ1v) is 8.34. The summed E-state index contributed by atoms with van der Waals surface area (Å²) >= 11 is 6.17. The molecule has 2 fully saturated rings. The summed E-state index contributed by atoms with van der Waals surface area (Å²) in [4.78, 5) is 25.9. The molecule has 1 aromatic carbocycles. The summed E-state index contributed by atoms with van der Waals surface area (Å²) in [6, 6.07) is 7.69. The molecule has 0 radical (unpaired) electrons. The van der Waals surface area contributed by atoms with Gasteiger partial charge in [-0.1, -0.05) is 29.8 Å². The minimum Gasteiger partial charge on any atom is -0.355 e. The summed E-state index contributed by atoms with van der Waals surface area (Å²) in [5.74, 6) is 0.417. The molecule has 2 unspecified atom stereocenters. The topological polar surface area (TPSA) is 49.4 Å². The lowest BCUT2D eigenvalue weighted by molar-refractivity contribution is -0.130. The molecule has 5 heteroatoms. The van der Waals surface area contributed by atoms with Crippen LogP contribution in [0.3, 0.4) is 0 Å². The van der Waals surface area contributed by atoms with Crippen molar-refractivity contribution in [1.82, 2.24) is 10.2 Å². The average Bonchev–Trinajstić information content (AvgIpc) is 3.11. The van der Waals surface area contributed by atoms with Crippen molar-refractivity contribution >= 4 is 23.4 Å². The van der Waals surface area contributed by atoms with Gasteiger partial charge in [-0.3, -0.25) is 9.59 Å². The Labute approximate surface area is 135 Å². The Kier molecular flexibility index (Phi) is 4.67. The van der Waals surface area contributed by atoms with Crippen LogP contribution in [0.4, 0.5) is 0 Å². The van der Waals surface area contributed by atoms with Crippen LogP contribution in [0.1, 0.15) is 37.2 Å². The van der Waals surface area contributed by atoms with Crippen LogP contribution >= 0.6 is 11.6 Å². The molecule has 0 spiro atoms. The first-order valence-electron chi connectivity index (χ1n) is 7.96. The van der Waals surface area contributed by atoms with Crippen LogP contribution in [0.5, 0.6) is 0 Å². The van der Waals surface area contributed by atoms with Gasteiger partial charge in [0.1, 0.15) is 0 Å². The summed E-state index contributed by atoms with van der Waals surface area (Å²) in [6.45, 7) is 2.16. The lowest BCUT2D eigenvalue weighted by atomic mass is 10.1. The van der Waals surface area contributed by atoms with Gasteiger partial charge in [-0.2, -0.15) is 0 Å². The van der Waals surface area contributed by atoms with Crippen molar-refractivity contribution in [2.75, 3.05) is 19.6 Å². The van der Waals surface area contributed by atoms with Crippen molar-refractivity contribution in [1.29, 1.82) is 0 Å². The molecule has 2 amide bonds. The van der Waals surface area contributed by atoms with Gasteiger partial charge in [-0.05, 0) is 36.8 Å². The number of carbonyl (C=O) groups excluding carboxylic acids is 2. The summed E-state index contributed by atoms with van der Waals surface area (Å²) < 4.78 is 0. The highest BCUT2D eigenvalue weighted by molar-refractivity contribution is 6.31. The Bertz CT molecular complexity index is 570. The number of likely N-dealkylation sites (tertiary alicyclic amines) is 1. The number of hydrogen-bond donors (Lipinski definition) is 1. The summed E-state index contributed by atoms with van der Waals surface area (Å²) in [5, 5.41) is 3.62. The molecule has 118 valence electrons. The Hall–Kier alpha value is -1.55. The lowest BCUT2D eigenvalue weighted by Gasteiger charge is -2.15. The molecule has 22 heavy (non-hydrogen) atoms. The second-order valence-electron chi connectivity index (χ2n) is 6.10. The van der Waals surface area contributed by atoms with Crippen LogP contribution < -0.4 is 5.32 Å². The summed E-state index contributed by atoms with van der Waals surface area (Å²) in [5.41, 5.74) is 1.05. The molecule has 1 saturated heterocycles. The predicted octanol–water partition coefficient (Wildman–Crippen LogP) is 2.57. The number of halogens is 1. The second kappa shape index (κ2) is 6.69. The largest absolute Gasteiger partial charge is 0.355 e. The van der Waals surface area contributed by atoms with E-state index in [2.05, 4.69) is 5.32 Å². The van der Waals surface area contributed by atoms with Gasteiger partial charge < -0.3 is 10.2 Å². The molecule has 1 saturated carbocycles. The van der Waals surface area contributed by atoms with Crippen molar-refractivity contribution in [2.24, 2.45) is 5.92 Å². The zero-order valence-corrected chi connectivity index (χ0v) is 13.3. The van der Waals surface area contributed by atoms with E-state index in [0.717, 1.165) is 42.9 Å². The van der Waals surface area contributed by atoms with E-state index < -0.39 is 0 Å². The van der Waals surface area contributed by atoms with Crippen LogP contribution in [0, 0.1) is 5.92 Å². The molecule has 1 aliphatic carbocycles. The fourth-order valence-electron chi connectivity index (χ4n) is 3.15. The van der Waals surface area contributed by atoms with Gasteiger partial charge in [-0.25, -0.2) is 0 Å². The fraction of sp³-hybridized carbons (Fsp3) is 0.529. The first-order chi connectivity index (χ1) is 10.7. The van der Waals surface area contributed by atoms with E-state index in [-0.39, 0.29) is 23.7 Å². The fourth-order valence-corrected chi connectivity index (χ4v) is 3.43. The molecule has 0 bridgehead atoms. The average molecular weight is 321 g/mol. The van der Waals surface area contributed by atoms with Crippen molar-refractivity contribution in [3.05, 3.63) is 34.9 Å². The van der Waals surface area contributed by atoms with Crippen LogP contribution in [0.15, 0.2) is 24.3 Å². The molecule has 4 nitrogen and oxygen atoms in total. The molecular formula is C17H21ClN2O2. The quantitative estimate of drug-likeness (QED) is 0.906. The molecule has 2 atom stereocenters. The third-order valence-electron chi connectivity index (χ3n) is 4.53. The molecular weight excluding hydrogens is 300 g/mol. The van der Waals surface area contributed by atoms with E-state index in [1.165, 1.54) is 0 Å². The Balaban J connectivity index is 1.42. The number of benzene rings is 1. The van der Waals surface area contributed by atoms with E-state index in [0.29, 0.717) is 13.0 Å². The van der Waals surface area contributed by atoms with E-state index in [1.807, 2.05) is 29.2 Å². The highest BCUT2D eigenvalue weighted by atomic mass is 35.5. The SMILES string of the molecule is O=C(NCCC(=O)N1CCCC1)C1CC1c1ccccc1Cl. The van der Waals surface area contributed by atoms with Crippen molar-refractivity contribution < 1.29 is 9.59 Å². The Morgan fingerprint density at radius 1 is 1.23 bits per heavy atom. The van der Waals surface area contributed by atoms with Gasteiger partial charge in [0, 0.05) is 37.0 Å². The smallest absolute Gasteiger partial charge is 0.224 e. The van der Waals surface area contributed by atoms with Gasteiger partial charge in [0.15, 0.2) is 0 Å². The van der Waals surface area contributed by atoms with E-state index in [1.54, 1.807) is 0 Å². The number of nitrogens with zero attached hydrogens (tertiary/aromatic N) is 1. The molecule has 2 aliphatic rings. The van der Waals surface area contributed by atoms with E-state index in [9.17, 15) is 9.59 Å². The maximum Gasteiger partial charge on any atom is 0.224 e. The zero-order chi connectivity index (χ0) is 15.5. The van der Waals surface area contributed by atoms with Crippen molar-refractivity contribution in [3.63, 3.8) is 0 Å². The summed E-state index contributed by atoms with van der Waals surface area (Å²) in [6.07, 6.45) is 3.43. The monoisotopic (exact) mass is 320 g/mol. The lowest BCUT2D eigenvalue weighted by Crippen LogP contribution is -2.33. The molecule has 1 heterocycles. The Morgan fingerprint density at radius 3 is 2.68 bits per heavy atom. The van der Waals surface area contributed by atoms with Gasteiger partial charge in [0.2, 0.25) is 11.8 Å². The minimum absolute atomic E-state index is 0.00166. The molecule has 1 aliphatic heterocycles. The number of amides is 2. The van der Waals surface area contributed by atoms with Crippen LogP contribution in [0.2, 0.25) is 5.02 Å². The van der Waals surface area contributed by atoms with Crippen LogP contribution in [-0.2, 0) is 9.59 Å². The predicted molar refractivity (Wildman–Crippen MR) is 85.7 cm³/mol. The minimum atomic E-state index is 0.00166. The summed E-state index contributed by atoms with van der Waals surface area (Å²) in [7, 11) is 0. The van der Waals surface area contributed by atoms with Gasteiger partial charge in [0.05, 0.1) is 0 Å². The standard InChI is InChI=1S/C17H21ClN2O2/c18-15-6-2-1-5-12(15)13-11-14(13)17(22)19-8-7-16(21)20-9-3-4-10-20/h1-2,5-6,13-14H,3-4,7-11H2,(H,19,22). The van der Waals surface area contributed by atoms with Gasteiger partial charge >= 0.3 is 0 Å². The Morgan fingerprint density at radius 2 is 1.95 bits per heavy atom. The number of carbonyl (C=O) groups is 2. The van der Waals surface area contributed by atoms with Crippen molar-refractivity contribution in [3.8, 4) is 0 Å². The zero-order valence-electron chi connectivity index (χ0n) is 12.6. The van der Waals surface area contributed by atoms with Crippen molar-refractivity contribution in [2.45, 2.75) is 31.6 Å². The molecule has 3 rings (SSSR count). The number of hydrogen-bond acceptors (Lipinski definition) is 2. The number of rotatable bonds is 5.